The van der Waals surface area contributed by atoms with E-state index in [-0.39, 0.29) is 6.03 Å². The number of carbonyl (C=O) groups excluding carboxylic acids is 1. The highest BCUT2D eigenvalue weighted by molar-refractivity contribution is 5.87. The molecule has 0 spiro atoms. The van der Waals surface area contributed by atoms with Crippen molar-refractivity contribution in [3.63, 3.8) is 0 Å². The Morgan fingerprint density at radius 3 is 2.21 bits per heavy atom. The van der Waals surface area contributed by atoms with Crippen LogP contribution in [0.15, 0.2) is 0 Å². The predicted octanol–water partition coefficient (Wildman–Crippen LogP) is 0.977. The number of hydrogen-bond acceptors (Lipinski definition) is 3. The highest BCUT2D eigenvalue weighted by Crippen LogP contribution is 2.32. The molecule has 0 radical (unpaired) electrons. The molecule has 0 bridgehead atoms. The molecular formula is C13H25N3O3. The van der Waals surface area contributed by atoms with Gasteiger partial charge in [-0.3, -0.25) is 0 Å². The van der Waals surface area contributed by atoms with E-state index in [1.54, 1.807) is 4.90 Å². The van der Waals surface area contributed by atoms with E-state index >= 15 is 0 Å². The van der Waals surface area contributed by atoms with Gasteiger partial charge < -0.3 is 20.2 Å². The number of amides is 2. The molecule has 1 rings (SSSR count). The average Bonchev–Trinajstić information content (AvgIpc) is 2.28. The third kappa shape index (κ3) is 4.09. The largest absolute Gasteiger partial charge is 0.480 e. The monoisotopic (exact) mass is 271 g/mol. The first-order chi connectivity index (χ1) is 8.91. The number of carboxylic acid groups (broad SMARTS) is 1. The number of hydrogen-bond donors (Lipinski definition) is 2. The zero-order valence-corrected chi connectivity index (χ0v) is 12.1. The second-order valence-corrected chi connectivity index (χ2v) is 5.46. The topological polar surface area (TPSA) is 72.9 Å². The van der Waals surface area contributed by atoms with E-state index in [0.29, 0.717) is 25.9 Å². The van der Waals surface area contributed by atoms with E-state index in [9.17, 15) is 14.7 Å². The molecule has 0 aliphatic heterocycles. The number of carboxylic acids is 1. The van der Waals surface area contributed by atoms with E-state index in [4.69, 9.17) is 0 Å². The second-order valence-electron chi connectivity index (χ2n) is 5.46. The minimum Gasteiger partial charge on any atom is -0.480 e. The summed E-state index contributed by atoms with van der Waals surface area (Å²) in [5.41, 5.74) is -1.03. The van der Waals surface area contributed by atoms with Gasteiger partial charge in [-0.1, -0.05) is 6.92 Å². The molecule has 0 unspecified atom stereocenters. The number of nitrogens with one attached hydrogen (secondary N) is 1. The smallest absolute Gasteiger partial charge is 0.329 e. The molecular weight excluding hydrogens is 246 g/mol. The van der Waals surface area contributed by atoms with Gasteiger partial charge in [0, 0.05) is 19.6 Å². The number of aliphatic carboxylic acids is 1. The van der Waals surface area contributed by atoms with Gasteiger partial charge in [0.25, 0.3) is 0 Å². The maximum absolute atomic E-state index is 12.2. The lowest BCUT2D eigenvalue weighted by atomic mass is 9.77. The molecule has 6 heteroatoms. The van der Waals surface area contributed by atoms with E-state index in [0.717, 1.165) is 19.4 Å². The quantitative estimate of drug-likeness (QED) is 0.724. The maximum atomic E-state index is 12.2. The fourth-order valence-electron chi connectivity index (χ4n) is 2.11. The molecule has 1 fully saturated rings. The van der Waals surface area contributed by atoms with Crippen LogP contribution in [0.25, 0.3) is 0 Å². The van der Waals surface area contributed by atoms with Crippen LogP contribution in [0.1, 0.15) is 32.6 Å². The summed E-state index contributed by atoms with van der Waals surface area (Å²) in [6.45, 7) is 4.04. The van der Waals surface area contributed by atoms with Crippen molar-refractivity contribution in [3.05, 3.63) is 0 Å². The van der Waals surface area contributed by atoms with Gasteiger partial charge in [0.2, 0.25) is 0 Å². The third-order valence-electron chi connectivity index (χ3n) is 3.56. The molecule has 1 aliphatic carbocycles. The summed E-state index contributed by atoms with van der Waals surface area (Å²) in [5.74, 6) is -0.920. The first kappa shape index (κ1) is 15.8. The predicted molar refractivity (Wildman–Crippen MR) is 73.2 cm³/mol. The molecule has 0 aromatic heterocycles. The number of rotatable bonds is 7. The van der Waals surface area contributed by atoms with Crippen LogP contribution < -0.4 is 5.32 Å². The molecule has 0 aromatic rings. The lowest BCUT2D eigenvalue weighted by Gasteiger charge is -2.39. The number of carbonyl (C=O) groups is 2. The van der Waals surface area contributed by atoms with Crippen molar-refractivity contribution in [1.82, 2.24) is 15.1 Å². The van der Waals surface area contributed by atoms with Gasteiger partial charge in [-0.25, -0.2) is 9.59 Å². The summed E-state index contributed by atoms with van der Waals surface area (Å²) in [5, 5.41) is 11.9. The zero-order valence-electron chi connectivity index (χ0n) is 12.1. The number of nitrogens with zero attached hydrogens (tertiary/aromatic N) is 2. The van der Waals surface area contributed by atoms with Gasteiger partial charge >= 0.3 is 12.0 Å². The van der Waals surface area contributed by atoms with E-state index in [1.165, 1.54) is 0 Å². The molecule has 1 aliphatic rings. The fourth-order valence-corrected chi connectivity index (χ4v) is 2.11. The Labute approximate surface area is 114 Å². The summed E-state index contributed by atoms with van der Waals surface area (Å²) in [7, 11) is 3.90. The maximum Gasteiger partial charge on any atom is 0.329 e. The Morgan fingerprint density at radius 2 is 1.84 bits per heavy atom. The van der Waals surface area contributed by atoms with Crippen molar-refractivity contribution in [3.8, 4) is 0 Å². The standard InChI is InChI=1S/C13H25N3O3/c1-4-8-16(10-9-15(2)3)12(19)14-13(11(17)18)6-5-7-13/h4-10H2,1-3H3,(H,14,19)(H,17,18). The molecule has 0 heterocycles. The van der Waals surface area contributed by atoms with Gasteiger partial charge in [-0.05, 0) is 39.8 Å². The lowest BCUT2D eigenvalue weighted by Crippen LogP contribution is -2.62. The average molecular weight is 271 g/mol. The van der Waals surface area contributed by atoms with Crippen LogP contribution in [0, 0.1) is 0 Å². The molecule has 2 N–H and O–H groups in total. The molecule has 0 atom stereocenters. The van der Waals surface area contributed by atoms with Crippen molar-refractivity contribution in [2.24, 2.45) is 0 Å². The summed E-state index contributed by atoms with van der Waals surface area (Å²) < 4.78 is 0. The first-order valence-corrected chi connectivity index (χ1v) is 6.86. The summed E-state index contributed by atoms with van der Waals surface area (Å²) in [4.78, 5) is 27.1. The Kier molecular flexibility index (Phi) is 5.60. The fraction of sp³-hybridized carbons (Fsp3) is 0.846. The highest BCUT2D eigenvalue weighted by atomic mass is 16.4. The van der Waals surface area contributed by atoms with Crippen LogP contribution >= 0.6 is 0 Å². The summed E-state index contributed by atoms with van der Waals surface area (Å²) in [6, 6.07) is -0.259. The van der Waals surface area contributed by atoms with Crippen LogP contribution in [0.3, 0.4) is 0 Å². The molecule has 1 saturated carbocycles. The van der Waals surface area contributed by atoms with Crippen LogP contribution in [-0.2, 0) is 4.79 Å². The number of urea groups is 1. The molecule has 0 aromatic carbocycles. The Morgan fingerprint density at radius 1 is 1.21 bits per heavy atom. The highest BCUT2D eigenvalue weighted by Gasteiger charge is 2.46. The molecule has 6 nitrogen and oxygen atoms in total. The van der Waals surface area contributed by atoms with Crippen molar-refractivity contribution in [2.75, 3.05) is 33.7 Å². The van der Waals surface area contributed by atoms with Crippen LogP contribution in [-0.4, -0.2) is 66.2 Å². The number of likely N-dealkylation sites (N-methyl/N-ethyl adjacent to an activating group) is 1. The van der Waals surface area contributed by atoms with Crippen LogP contribution in [0.5, 0.6) is 0 Å². The van der Waals surface area contributed by atoms with Crippen molar-refractivity contribution < 1.29 is 14.7 Å². The molecule has 0 saturated heterocycles. The Hall–Kier alpha value is -1.30. The van der Waals surface area contributed by atoms with Crippen LogP contribution in [0.2, 0.25) is 0 Å². The minimum atomic E-state index is -1.03. The second kappa shape index (κ2) is 6.75. The van der Waals surface area contributed by atoms with Crippen LogP contribution in [0.4, 0.5) is 4.79 Å². The zero-order chi connectivity index (χ0) is 14.5. The first-order valence-electron chi connectivity index (χ1n) is 6.86. The SMILES string of the molecule is CCCN(CCN(C)C)C(=O)NC1(C(=O)O)CCC1. The van der Waals surface area contributed by atoms with Gasteiger partial charge in [0.05, 0.1) is 0 Å². The van der Waals surface area contributed by atoms with E-state index in [2.05, 4.69) is 5.32 Å². The molecule has 110 valence electrons. The van der Waals surface area contributed by atoms with Gasteiger partial charge in [0.1, 0.15) is 5.54 Å². The van der Waals surface area contributed by atoms with Crippen molar-refractivity contribution >= 4 is 12.0 Å². The van der Waals surface area contributed by atoms with Crippen molar-refractivity contribution in [2.45, 2.75) is 38.1 Å². The summed E-state index contributed by atoms with van der Waals surface area (Å²) in [6.07, 6.45) is 2.78. The van der Waals surface area contributed by atoms with E-state index in [1.807, 2.05) is 25.9 Å². The minimum absolute atomic E-state index is 0.259. The van der Waals surface area contributed by atoms with Gasteiger partial charge in [-0.15, -0.1) is 0 Å². The Bertz CT molecular complexity index is 327. The molecule has 19 heavy (non-hydrogen) atoms. The van der Waals surface area contributed by atoms with Gasteiger partial charge in [-0.2, -0.15) is 0 Å². The lowest BCUT2D eigenvalue weighted by molar-refractivity contribution is -0.148. The van der Waals surface area contributed by atoms with Gasteiger partial charge in [0.15, 0.2) is 0 Å². The normalized spacial score (nSPS) is 16.8. The third-order valence-corrected chi connectivity index (χ3v) is 3.56. The molecule has 2 amide bonds. The van der Waals surface area contributed by atoms with E-state index < -0.39 is 11.5 Å². The Balaban J connectivity index is 2.58. The van der Waals surface area contributed by atoms with Crippen molar-refractivity contribution in [1.29, 1.82) is 0 Å². The summed E-state index contributed by atoms with van der Waals surface area (Å²) >= 11 is 0.